The smallest absolute Gasteiger partial charge is 0.416 e. The zero-order valence-corrected chi connectivity index (χ0v) is 22.1. The van der Waals surface area contributed by atoms with Crippen molar-refractivity contribution < 1.29 is 55.6 Å². The minimum atomic E-state index is -5.18. The first kappa shape index (κ1) is 29.3. The monoisotopic (exact) mass is 587 g/mol. The number of rotatable bonds is 4. The van der Waals surface area contributed by atoms with Crippen LogP contribution in [0, 0.1) is 37.5 Å². The van der Waals surface area contributed by atoms with Gasteiger partial charge in [-0.25, -0.2) is 0 Å². The summed E-state index contributed by atoms with van der Waals surface area (Å²) in [5.41, 5.74) is -2.48. The number of imide groups is 1. The second-order valence-electron chi connectivity index (χ2n) is 11.0. The van der Waals surface area contributed by atoms with Gasteiger partial charge < -0.3 is 19.7 Å². The summed E-state index contributed by atoms with van der Waals surface area (Å²) < 4.78 is 92.5. The van der Waals surface area contributed by atoms with Crippen LogP contribution in [0.4, 0.5) is 32.0 Å². The lowest BCUT2D eigenvalue weighted by molar-refractivity contribution is -0.275. The van der Waals surface area contributed by atoms with Crippen LogP contribution in [0.3, 0.4) is 0 Å². The van der Waals surface area contributed by atoms with Crippen LogP contribution in [0.5, 0.6) is 5.75 Å². The van der Waals surface area contributed by atoms with Crippen LogP contribution in [0.2, 0.25) is 0 Å². The zero-order chi connectivity index (χ0) is 30.2. The molecule has 2 heterocycles. The number of carbonyl (C=O) groups is 2. The van der Waals surface area contributed by atoms with E-state index in [1.807, 2.05) is 0 Å². The molecule has 0 radical (unpaired) electrons. The Hall–Kier alpha value is -3.16. The number of carbonyl (C=O) groups excluding carboxylic acids is 2. The van der Waals surface area contributed by atoms with E-state index >= 15 is 0 Å². The number of benzene rings is 2. The van der Waals surface area contributed by atoms with Gasteiger partial charge in [-0.3, -0.25) is 14.5 Å². The number of aliphatic hydroxyl groups is 1. The first-order valence-electron chi connectivity index (χ1n) is 12.8. The number of aromatic hydroxyl groups is 1. The fourth-order valence-electron chi connectivity index (χ4n) is 6.58. The summed E-state index contributed by atoms with van der Waals surface area (Å²) in [6.45, 7) is 3.26. The van der Waals surface area contributed by atoms with Crippen LogP contribution in [0.1, 0.15) is 46.8 Å². The van der Waals surface area contributed by atoms with Gasteiger partial charge in [0.05, 0.1) is 41.4 Å². The molecule has 2 aromatic rings. The molecule has 0 bridgehead atoms. The van der Waals surface area contributed by atoms with Crippen LogP contribution in [0.15, 0.2) is 30.3 Å². The van der Waals surface area contributed by atoms with Crippen LogP contribution in [0.25, 0.3) is 0 Å². The molecular weight excluding hydrogens is 560 g/mol. The lowest BCUT2D eigenvalue weighted by Gasteiger charge is -2.44. The molecule has 2 aliphatic heterocycles. The van der Waals surface area contributed by atoms with E-state index < -0.39 is 76.5 Å². The standard InChI is InChI=1S/C28H27F6NO6/c1-12-4-14(5-13(2)23(12)36)21-10-20-22-19(9-17(11-40-3)26(20,39)41-21)24(37)35(25(22)38)18-7-15(27(29,30)31)6-16(8-18)28(32,33)34/h4-8,17,19-22,36,39H,9-11H2,1-3H3/t17-,19+,20+,21+,22+,26-/m1/s1. The molecule has 2 N–H and O–H groups in total. The third-order valence-corrected chi connectivity index (χ3v) is 8.45. The van der Waals surface area contributed by atoms with Crippen LogP contribution in [-0.4, -0.2) is 41.5 Å². The van der Waals surface area contributed by atoms with E-state index in [0.717, 1.165) is 0 Å². The van der Waals surface area contributed by atoms with Gasteiger partial charge in [0.25, 0.3) is 0 Å². The SMILES string of the molecule is COC[C@H]1C[C@@H]2C(=O)N(c3cc(C(F)(F)F)cc(C(F)(F)F)c3)C(=O)[C@@H]2[C@@H]2C[C@@H](c3cc(C)c(O)c(C)c3)O[C@]12O. The number of nitrogens with zero attached hydrogens (tertiary/aromatic N) is 1. The van der Waals surface area contributed by atoms with E-state index in [1.165, 1.54) is 7.11 Å². The first-order valence-corrected chi connectivity index (χ1v) is 12.8. The highest BCUT2D eigenvalue weighted by Crippen LogP contribution is 2.59. The summed E-state index contributed by atoms with van der Waals surface area (Å²) in [5, 5.41) is 22.0. The number of anilines is 1. The normalized spacial score (nSPS) is 30.1. The molecule has 2 saturated heterocycles. The minimum Gasteiger partial charge on any atom is -0.507 e. The van der Waals surface area contributed by atoms with Crippen molar-refractivity contribution in [2.45, 2.75) is 50.9 Å². The maximum Gasteiger partial charge on any atom is 0.416 e. The number of amides is 2. The largest absolute Gasteiger partial charge is 0.507 e. The molecule has 5 rings (SSSR count). The Labute approximate surface area is 230 Å². The highest BCUT2D eigenvalue weighted by molar-refractivity contribution is 6.22. The topological polar surface area (TPSA) is 96.3 Å². The van der Waals surface area contributed by atoms with Gasteiger partial charge in [-0.1, -0.05) is 0 Å². The molecule has 41 heavy (non-hydrogen) atoms. The van der Waals surface area contributed by atoms with Crippen LogP contribution >= 0.6 is 0 Å². The van der Waals surface area contributed by atoms with Crippen molar-refractivity contribution in [3.63, 3.8) is 0 Å². The van der Waals surface area contributed by atoms with Gasteiger partial charge in [0.15, 0.2) is 5.79 Å². The average molecular weight is 588 g/mol. The molecule has 1 saturated carbocycles. The summed E-state index contributed by atoms with van der Waals surface area (Å²) in [5.74, 6) is -8.08. The molecular formula is C28H27F6NO6. The number of alkyl halides is 6. The van der Waals surface area contributed by atoms with Gasteiger partial charge in [0.2, 0.25) is 11.8 Å². The predicted molar refractivity (Wildman–Crippen MR) is 130 cm³/mol. The minimum absolute atomic E-state index is 0.0325. The number of phenols is 1. The van der Waals surface area contributed by atoms with Gasteiger partial charge in [0, 0.05) is 18.9 Å². The Morgan fingerprint density at radius 1 is 0.951 bits per heavy atom. The number of phenolic OH excluding ortho intramolecular Hbond substituents is 1. The molecule has 3 fully saturated rings. The predicted octanol–water partition coefficient (Wildman–Crippen LogP) is 5.28. The molecule has 7 nitrogen and oxygen atoms in total. The Morgan fingerprint density at radius 2 is 1.51 bits per heavy atom. The van der Waals surface area contributed by atoms with Crippen molar-refractivity contribution in [3.05, 3.63) is 58.1 Å². The molecule has 0 unspecified atom stereocenters. The molecule has 2 amide bonds. The second kappa shape index (κ2) is 9.70. The molecule has 1 aliphatic carbocycles. The van der Waals surface area contributed by atoms with Crippen LogP contribution < -0.4 is 4.90 Å². The van der Waals surface area contributed by atoms with Crippen molar-refractivity contribution in [1.29, 1.82) is 0 Å². The summed E-state index contributed by atoms with van der Waals surface area (Å²) in [4.78, 5) is 27.6. The van der Waals surface area contributed by atoms with E-state index in [9.17, 15) is 46.1 Å². The van der Waals surface area contributed by atoms with E-state index in [-0.39, 0.29) is 31.3 Å². The number of aryl methyl sites for hydroxylation is 2. The van der Waals surface area contributed by atoms with E-state index in [0.29, 0.717) is 33.7 Å². The Morgan fingerprint density at radius 3 is 2.02 bits per heavy atom. The lowest BCUT2D eigenvalue weighted by Crippen LogP contribution is -2.54. The fourth-order valence-corrected chi connectivity index (χ4v) is 6.58. The van der Waals surface area contributed by atoms with E-state index in [4.69, 9.17) is 9.47 Å². The fraction of sp³-hybridized carbons (Fsp3) is 0.500. The highest BCUT2D eigenvalue weighted by Gasteiger charge is 2.67. The van der Waals surface area contributed by atoms with Crippen molar-refractivity contribution in [2.75, 3.05) is 18.6 Å². The Kier molecular flexibility index (Phi) is 6.94. The van der Waals surface area contributed by atoms with Gasteiger partial charge in [-0.15, -0.1) is 0 Å². The lowest BCUT2D eigenvalue weighted by atomic mass is 9.64. The van der Waals surface area contributed by atoms with Crippen molar-refractivity contribution in [3.8, 4) is 5.75 Å². The molecule has 3 aliphatic rings. The Bertz CT molecular complexity index is 1350. The molecule has 0 spiro atoms. The van der Waals surface area contributed by atoms with Gasteiger partial charge in [-0.2, -0.15) is 26.3 Å². The quantitative estimate of drug-likeness (QED) is 0.373. The maximum absolute atomic E-state index is 13.7. The van der Waals surface area contributed by atoms with Gasteiger partial charge >= 0.3 is 12.4 Å². The summed E-state index contributed by atoms with van der Waals surface area (Å²) >= 11 is 0. The Balaban J connectivity index is 1.57. The summed E-state index contributed by atoms with van der Waals surface area (Å²) in [6, 6.07) is 3.93. The first-order chi connectivity index (χ1) is 19.0. The number of halogens is 6. The number of hydrogen-bond acceptors (Lipinski definition) is 6. The maximum atomic E-state index is 13.7. The third-order valence-electron chi connectivity index (χ3n) is 8.45. The number of methoxy groups -OCH3 is 1. The molecule has 222 valence electrons. The van der Waals surface area contributed by atoms with Crippen LogP contribution in [-0.2, 0) is 31.4 Å². The van der Waals surface area contributed by atoms with Gasteiger partial charge in [0.1, 0.15) is 5.75 Å². The van der Waals surface area contributed by atoms with Gasteiger partial charge in [-0.05, 0) is 73.7 Å². The number of ether oxygens (including phenoxy) is 2. The van der Waals surface area contributed by atoms with E-state index in [2.05, 4.69) is 0 Å². The zero-order valence-electron chi connectivity index (χ0n) is 22.1. The third kappa shape index (κ3) is 4.77. The summed E-state index contributed by atoms with van der Waals surface area (Å²) in [7, 11) is 1.36. The number of hydrogen-bond donors (Lipinski definition) is 2. The van der Waals surface area contributed by atoms with Crippen molar-refractivity contribution in [2.24, 2.45) is 23.7 Å². The van der Waals surface area contributed by atoms with Crippen molar-refractivity contribution >= 4 is 17.5 Å². The molecule has 2 aromatic carbocycles. The second-order valence-corrected chi connectivity index (χ2v) is 11.0. The molecule has 6 atom stereocenters. The average Bonchev–Trinajstić information content (AvgIpc) is 3.35. The number of fused-ring (bicyclic) bond motifs is 3. The van der Waals surface area contributed by atoms with Crippen molar-refractivity contribution in [1.82, 2.24) is 0 Å². The summed E-state index contributed by atoms with van der Waals surface area (Å²) in [6.07, 6.45) is -11.2. The molecule has 13 heteroatoms. The van der Waals surface area contributed by atoms with E-state index in [1.54, 1.807) is 26.0 Å². The highest BCUT2D eigenvalue weighted by atomic mass is 19.4. The molecule has 0 aromatic heterocycles.